The van der Waals surface area contributed by atoms with Crippen molar-refractivity contribution in [3.63, 3.8) is 0 Å². The van der Waals surface area contributed by atoms with Gasteiger partial charge in [0, 0.05) is 29.1 Å². The Morgan fingerprint density at radius 1 is 1.30 bits per heavy atom. The maximum atomic E-state index is 12.6. The number of thioether (sulfide) groups is 1. The minimum atomic E-state index is 0.0269. The molecule has 0 saturated heterocycles. The summed E-state index contributed by atoms with van der Waals surface area (Å²) in [4.78, 5) is 25.3. The van der Waals surface area contributed by atoms with Crippen LogP contribution in [-0.2, 0) is 24.2 Å². The highest BCUT2D eigenvalue weighted by molar-refractivity contribution is 7.99. The van der Waals surface area contributed by atoms with E-state index < -0.39 is 0 Å². The molecule has 0 spiro atoms. The summed E-state index contributed by atoms with van der Waals surface area (Å²) in [5, 5.41) is 13.8. The van der Waals surface area contributed by atoms with E-state index in [-0.39, 0.29) is 11.7 Å². The van der Waals surface area contributed by atoms with Crippen molar-refractivity contribution in [3.8, 4) is 0 Å². The zero-order valence-corrected chi connectivity index (χ0v) is 16.2. The number of benzene rings is 1. The number of anilines is 1. The summed E-state index contributed by atoms with van der Waals surface area (Å²) in [5.74, 6) is 0.384. The third kappa shape index (κ3) is 4.28. The van der Waals surface area contributed by atoms with E-state index >= 15 is 0 Å². The molecular weight excluding hydrogens is 380 g/mol. The Balaban J connectivity index is 1.37. The molecule has 0 aliphatic carbocycles. The second-order valence-electron chi connectivity index (χ2n) is 6.27. The summed E-state index contributed by atoms with van der Waals surface area (Å²) < 4.78 is 1.99. The van der Waals surface area contributed by atoms with Crippen LogP contribution in [0.25, 0.3) is 0 Å². The SMILES string of the molecule is O=C1CCc2cc(C(=O)CSc3nncn3CCc3cccs3)ccc2N1. The number of Topliss-reactive ketones (excluding diaryl/α,β-unsaturated/α-hetero) is 1. The number of aryl methyl sites for hydroxylation is 3. The summed E-state index contributed by atoms with van der Waals surface area (Å²) >= 11 is 3.14. The van der Waals surface area contributed by atoms with Crippen LogP contribution in [0.5, 0.6) is 0 Å². The average molecular weight is 399 g/mol. The van der Waals surface area contributed by atoms with E-state index in [1.165, 1.54) is 16.6 Å². The standard InChI is InChI=1S/C19H18N4O2S2/c24-17(14-3-5-16-13(10-14)4-6-18(25)21-16)11-27-19-22-20-12-23(19)8-7-15-2-1-9-26-15/h1-3,5,9-10,12H,4,6-8,11H2,(H,21,25). The van der Waals surface area contributed by atoms with Crippen LogP contribution >= 0.6 is 23.1 Å². The van der Waals surface area contributed by atoms with Gasteiger partial charge in [0.05, 0.1) is 5.75 Å². The molecule has 3 aromatic rings. The number of hydrogen-bond acceptors (Lipinski definition) is 6. The topological polar surface area (TPSA) is 76.9 Å². The van der Waals surface area contributed by atoms with Crippen molar-refractivity contribution in [1.82, 2.24) is 14.8 Å². The zero-order chi connectivity index (χ0) is 18.6. The molecule has 0 atom stereocenters. The maximum absolute atomic E-state index is 12.6. The van der Waals surface area contributed by atoms with E-state index in [9.17, 15) is 9.59 Å². The fourth-order valence-electron chi connectivity index (χ4n) is 2.97. The number of nitrogens with zero attached hydrogens (tertiary/aromatic N) is 3. The lowest BCUT2D eigenvalue weighted by Crippen LogP contribution is -2.19. The van der Waals surface area contributed by atoms with E-state index in [1.807, 2.05) is 22.8 Å². The van der Waals surface area contributed by atoms with E-state index in [2.05, 4.69) is 27.0 Å². The van der Waals surface area contributed by atoms with Gasteiger partial charge < -0.3 is 9.88 Å². The van der Waals surface area contributed by atoms with Gasteiger partial charge in [-0.15, -0.1) is 21.5 Å². The zero-order valence-electron chi connectivity index (χ0n) is 14.6. The van der Waals surface area contributed by atoms with Gasteiger partial charge in [0.1, 0.15) is 6.33 Å². The fourth-order valence-corrected chi connectivity index (χ4v) is 4.50. The van der Waals surface area contributed by atoms with Crippen molar-refractivity contribution in [2.24, 2.45) is 0 Å². The van der Waals surface area contributed by atoms with E-state index in [0.717, 1.165) is 29.4 Å². The Labute approximate surface area is 165 Å². The van der Waals surface area contributed by atoms with Crippen molar-refractivity contribution in [1.29, 1.82) is 0 Å². The predicted molar refractivity (Wildman–Crippen MR) is 106 cm³/mol. The molecule has 1 N–H and O–H groups in total. The molecule has 8 heteroatoms. The largest absolute Gasteiger partial charge is 0.326 e. The molecule has 1 aliphatic heterocycles. The van der Waals surface area contributed by atoms with Gasteiger partial charge in [-0.25, -0.2) is 0 Å². The third-order valence-electron chi connectivity index (χ3n) is 4.41. The number of carbonyl (C=O) groups excluding carboxylic acids is 2. The molecule has 0 unspecified atom stereocenters. The number of carbonyl (C=O) groups is 2. The molecule has 1 aliphatic rings. The molecular formula is C19H18N4O2S2. The van der Waals surface area contributed by atoms with Crippen molar-refractivity contribution < 1.29 is 9.59 Å². The molecule has 1 amide bonds. The fraction of sp³-hybridized carbons (Fsp3) is 0.263. The van der Waals surface area contributed by atoms with E-state index in [0.29, 0.717) is 24.2 Å². The lowest BCUT2D eigenvalue weighted by Gasteiger charge is -2.17. The summed E-state index contributed by atoms with van der Waals surface area (Å²) in [6.45, 7) is 0.794. The summed E-state index contributed by atoms with van der Waals surface area (Å²) in [7, 11) is 0. The number of hydrogen-bond donors (Lipinski definition) is 1. The summed E-state index contributed by atoms with van der Waals surface area (Å²) in [6.07, 6.45) is 3.77. The van der Waals surface area contributed by atoms with Gasteiger partial charge >= 0.3 is 0 Å². The Morgan fingerprint density at radius 3 is 3.07 bits per heavy atom. The first-order chi connectivity index (χ1) is 13.2. The van der Waals surface area contributed by atoms with Gasteiger partial charge in [0.25, 0.3) is 0 Å². The number of nitrogens with one attached hydrogen (secondary N) is 1. The number of thiophene rings is 1. The number of aromatic nitrogens is 3. The number of fused-ring (bicyclic) bond motifs is 1. The minimum absolute atomic E-state index is 0.0269. The lowest BCUT2D eigenvalue weighted by atomic mass is 9.99. The molecule has 2 aromatic heterocycles. The second kappa shape index (κ2) is 8.06. The Bertz CT molecular complexity index is 966. The number of amides is 1. The van der Waals surface area contributed by atoms with E-state index in [4.69, 9.17) is 0 Å². The Morgan fingerprint density at radius 2 is 2.22 bits per heavy atom. The molecule has 3 heterocycles. The monoisotopic (exact) mass is 398 g/mol. The van der Waals surface area contributed by atoms with Crippen molar-refractivity contribution >= 4 is 40.5 Å². The third-order valence-corrected chi connectivity index (χ3v) is 6.33. The first kappa shape index (κ1) is 17.9. The Kier molecular flexibility index (Phi) is 5.35. The molecule has 6 nitrogen and oxygen atoms in total. The minimum Gasteiger partial charge on any atom is -0.326 e. The van der Waals surface area contributed by atoms with Crippen LogP contribution in [-0.4, -0.2) is 32.2 Å². The van der Waals surface area contributed by atoms with Crippen LogP contribution in [0, 0.1) is 0 Å². The lowest BCUT2D eigenvalue weighted by molar-refractivity contribution is -0.116. The number of rotatable bonds is 7. The molecule has 0 saturated carbocycles. The van der Waals surface area contributed by atoms with Gasteiger partial charge in [-0.05, 0) is 48.1 Å². The van der Waals surface area contributed by atoms with Crippen LogP contribution in [0.15, 0.2) is 47.2 Å². The highest BCUT2D eigenvalue weighted by Crippen LogP contribution is 2.25. The molecule has 0 radical (unpaired) electrons. The van der Waals surface area contributed by atoms with Gasteiger partial charge in [0.15, 0.2) is 10.9 Å². The van der Waals surface area contributed by atoms with Crippen LogP contribution < -0.4 is 5.32 Å². The van der Waals surface area contributed by atoms with Gasteiger partial charge in [-0.1, -0.05) is 17.8 Å². The van der Waals surface area contributed by atoms with Crippen LogP contribution in [0.4, 0.5) is 5.69 Å². The molecule has 0 bridgehead atoms. The normalized spacial score (nSPS) is 13.3. The predicted octanol–water partition coefficient (Wildman–Crippen LogP) is 3.44. The van der Waals surface area contributed by atoms with Gasteiger partial charge in [0.2, 0.25) is 5.91 Å². The molecule has 4 rings (SSSR count). The summed E-state index contributed by atoms with van der Waals surface area (Å²) in [5.41, 5.74) is 2.50. The Hall–Kier alpha value is -2.45. The van der Waals surface area contributed by atoms with Gasteiger partial charge in [-0.2, -0.15) is 0 Å². The van der Waals surface area contributed by atoms with Crippen molar-refractivity contribution in [3.05, 3.63) is 58.0 Å². The smallest absolute Gasteiger partial charge is 0.224 e. The van der Waals surface area contributed by atoms with Crippen molar-refractivity contribution in [2.75, 3.05) is 11.1 Å². The van der Waals surface area contributed by atoms with Crippen LogP contribution in [0.1, 0.15) is 27.2 Å². The number of ketones is 1. The molecule has 1 aromatic carbocycles. The highest BCUT2D eigenvalue weighted by atomic mass is 32.2. The summed E-state index contributed by atoms with van der Waals surface area (Å²) in [6, 6.07) is 9.64. The molecule has 0 fully saturated rings. The van der Waals surface area contributed by atoms with Crippen LogP contribution in [0.2, 0.25) is 0 Å². The molecule has 27 heavy (non-hydrogen) atoms. The first-order valence-corrected chi connectivity index (χ1v) is 10.5. The highest BCUT2D eigenvalue weighted by Gasteiger charge is 2.17. The quantitative estimate of drug-likeness (QED) is 0.487. The van der Waals surface area contributed by atoms with Crippen molar-refractivity contribution in [2.45, 2.75) is 31.0 Å². The van der Waals surface area contributed by atoms with Crippen LogP contribution in [0.3, 0.4) is 0 Å². The maximum Gasteiger partial charge on any atom is 0.224 e. The molecule has 138 valence electrons. The van der Waals surface area contributed by atoms with Gasteiger partial charge in [-0.3, -0.25) is 9.59 Å². The average Bonchev–Trinajstić information content (AvgIpc) is 3.35. The second-order valence-corrected chi connectivity index (χ2v) is 8.24. The first-order valence-electron chi connectivity index (χ1n) is 8.68. The van der Waals surface area contributed by atoms with E-state index in [1.54, 1.807) is 23.7 Å².